The molecular weight excluding hydrogens is 196 g/mol. The summed E-state index contributed by atoms with van der Waals surface area (Å²) in [5.74, 6) is 1.12. The highest BCUT2D eigenvalue weighted by atomic mass is 35.5. The maximum absolute atomic E-state index is 5.86. The van der Waals surface area contributed by atoms with Crippen molar-refractivity contribution in [3.63, 3.8) is 0 Å². The van der Waals surface area contributed by atoms with E-state index in [1.807, 2.05) is 12.1 Å². The number of ether oxygens (including phenoxy) is 1. The van der Waals surface area contributed by atoms with Crippen LogP contribution in [0, 0.1) is 5.92 Å². The van der Waals surface area contributed by atoms with Crippen LogP contribution in [0.2, 0.25) is 5.02 Å². The molecule has 1 aliphatic heterocycles. The molecule has 14 heavy (non-hydrogen) atoms. The van der Waals surface area contributed by atoms with Gasteiger partial charge < -0.3 is 4.74 Å². The average Bonchev–Trinajstić information content (AvgIpc) is 2.49. The van der Waals surface area contributed by atoms with Gasteiger partial charge in [-0.2, -0.15) is 0 Å². The molecule has 0 bridgehead atoms. The number of hydrogen-bond acceptors (Lipinski definition) is 1. The van der Waals surface area contributed by atoms with E-state index in [0.29, 0.717) is 17.9 Å². The molecule has 1 heterocycles. The summed E-state index contributed by atoms with van der Waals surface area (Å²) in [6, 6.07) is 8.12. The van der Waals surface area contributed by atoms with Gasteiger partial charge in [-0.05, 0) is 30.5 Å². The lowest BCUT2D eigenvalue weighted by Crippen LogP contribution is -2.13. The first-order chi connectivity index (χ1) is 6.68. The van der Waals surface area contributed by atoms with Gasteiger partial charge in [0.1, 0.15) is 0 Å². The van der Waals surface area contributed by atoms with Crippen molar-refractivity contribution in [3.05, 3.63) is 34.9 Å². The van der Waals surface area contributed by atoms with Gasteiger partial charge in [-0.1, -0.05) is 30.7 Å². The molecule has 1 fully saturated rings. The fourth-order valence-corrected chi connectivity index (χ4v) is 2.38. The monoisotopic (exact) mass is 210 g/mol. The van der Waals surface area contributed by atoms with Gasteiger partial charge in [0.15, 0.2) is 0 Å². The molecule has 1 nitrogen and oxygen atoms in total. The van der Waals surface area contributed by atoms with E-state index >= 15 is 0 Å². The van der Waals surface area contributed by atoms with Gasteiger partial charge in [0.25, 0.3) is 0 Å². The quantitative estimate of drug-likeness (QED) is 0.690. The lowest BCUT2D eigenvalue weighted by Gasteiger charge is -2.18. The third-order valence-electron chi connectivity index (χ3n) is 3.00. The van der Waals surface area contributed by atoms with Crippen LogP contribution in [-0.4, -0.2) is 12.7 Å². The van der Waals surface area contributed by atoms with Crippen LogP contribution in [0.5, 0.6) is 0 Å². The smallest absolute Gasteiger partial charge is 0.0619 e. The predicted molar refractivity (Wildman–Crippen MR) is 58.8 cm³/mol. The Morgan fingerprint density at radius 1 is 1.21 bits per heavy atom. The fraction of sp³-hybridized carbons (Fsp3) is 0.500. The molecule has 0 radical (unpaired) electrons. The number of benzene rings is 1. The van der Waals surface area contributed by atoms with Gasteiger partial charge >= 0.3 is 0 Å². The highest BCUT2D eigenvalue weighted by molar-refractivity contribution is 6.30. The van der Waals surface area contributed by atoms with Crippen molar-refractivity contribution in [2.24, 2.45) is 5.92 Å². The molecule has 1 aliphatic rings. The zero-order valence-corrected chi connectivity index (χ0v) is 9.29. The van der Waals surface area contributed by atoms with Gasteiger partial charge in [0.2, 0.25) is 0 Å². The molecule has 0 aromatic heterocycles. The molecule has 1 aromatic carbocycles. The SMILES string of the molecule is C[C@@H]1CO[C@@H](C)[C@@H]1c1ccc(Cl)cc1. The average molecular weight is 211 g/mol. The maximum atomic E-state index is 5.86. The van der Waals surface area contributed by atoms with E-state index in [-0.39, 0.29) is 0 Å². The zero-order chi connectivity index (χ0) is 10.1. The summed E-state index contributed by atoms with van der Waals surface area (Å²) < 4.78 is 5.63. The van der Waals surface area contributed by atoms with Crippen LogP contribution in [0.4, 0.5) is 0 Å². The molecule has 1 saturated heterocycles. The van der Waals surface area contributed by atoms with Crippen molar-refractivity contribution in [2.45, 2.75) is 25.9 Å². The molecule has 3 atom stereocenters. The minimum atomic E-state index is 0.325. The second-order valence-electron chi connectivity index (χ2n) is 4.09. The summed E-state index contributed by atoms with van der Waals surface area (Å²) >= 11 is 5.86. The first kappa shape index (κ1) is 10.0. The standard InChI is InChI=1S/C12H15ClO/c1-8-7-14-9(2)12(8)10-3-5-11(13)6-4-10/h3-6,8-9,12H,7H2,1-2H3/t8-,9+,12-/m1/s1. The highest BCUT2D eigenvalue weighted by Gasteiger charge is 2.32. The van der Waals surface area contributed by atoms with Crippen molar-refractivity contribution < 1.29 is 4.74 Å². The van der Waals surface area contributed by atoms with Gasteiger partial charge in [0.05, 0.1) is 12.7 Å². The Morgan fingerprint density at radius 3 is 2.36 bits per heavy atom. The van der Waals surface area contributed by atoms with Crippen LogP contribution in [-0.2, 0) is 4.74 Å². The highest BCUT2D eigenvalue weighted by Crippen LogP contribution is 2.35. The lowest BCUT2D eigenvalue weighted by atomic mass is 9.86. The van der Waals surface area contributed by atoms with Crippen molar-refractivity contribution in [3.8, 4) is 0 Å². The summed E-state index contributed by atoms with van der Waals surface area (Å²) in [4.78, 5) is 0. The van der Waals surface area contributed by atoms with Gasteiger partial charge in [-0.3, -0.25) is 0 Å². The van der Waals surface area contributed by atoms with Gasteiger partial charge in [-0.25, -0.2) is 0 Å². The van der Waals surface area contributed by atoms with E-state index in [4.69, 9.17) is 16.3 Å². The Kier molecular flexibility index (Phi) is 2.80. The number of rotatable bonds is 1. The van der Waals surface area contributed by atoms with Crippen LogP contribution < -0.4 is 0 Å². The summed E-state index contributed by atoms with van der Waals surface area (Å²) in [6.07, 6.45) is 0.325. The van der Waals surface area contributed by atoms with Gasteiger partial charge in [-0.15, -0.1) is 0 Å². The molecule has 0 unspecified atom stereocenters. The Labute approximate surface area is 90.0 Å². The largest absolute Gasteiger partial charge is 0.378 e. The van der Waals surface area contributed by atoms with Crippen LogP contribution in [0.3, 0.4) is 0 Å². The minimum absolute atomic E-state index is 0.325. The van der Waals surface area contributed by atoms with Crippen LogP contribution in [0.15, 0.2) is 24.3 Å². The van der Waals surface area contributed by atoms with E-state index in [2.05, 4.69) is 26.0 Å². The summed E-state index contributed by atoms with van der Waals surface area (Å²) in [5, 5.41) is 0.799. The Bertz CT molecular complexity index is 297. The summed E-state index contributed by atoms with van der Waals surface area (Å²) in [5.41, 5.74) is 1.34. The Hall–Kier alpha value is -0.530. The molecule has 0 spiro atoms. The Morgan fingerprint density at radius 2 is 1.86 bits per heavy atom. The second kappa shape index (κ2) is 3.92. The van der Waals surface area contributed by atoms with Crippen LogP contribution in [0.25, 0.3) is 0 Å². The summed E-state index contributed by atoms with van der Waals surface area (Å²) in [6.45, 7) is 5.25. The van der Waals surface area contributed by atoms with E-state index in [9.17, 15) is 0 Å². The first-order valence-corrected chi connectivity index (χ1v) is 5.43. The number of hydrogen-bond donors (Lipinski definition) is 0. The molecular formula is C12H15ClO. The molecule has 2 rings (SSSR count). The van der Waals surface area contributed by atoms with Crippen LogP contribution in [0.1, 0.15) is 25.3 Å². The topological polar surface area (TPSA) is 9.23 Å². The van der Waals surface area contributed by atoms with Crippen molar-refractivity contribution in [2.75, 3.05) is 6.61 Å². The first-order valence-electron chi connectivity index (χ1n) is 5.05. The van der Waals surface area contributed by atoms with Crippen molar-refractivity contribution in [1.29, 1.82) is 0 Å². The summed E-state index contributed by atoms with van der Waals surface area (Å²) in [7, 11) is 0. The minimum Gasteiger partial charge on any atom is -0.378 e. The van der Waals surface area contributed by atoms with E-state index in [1.165, 1.54) is 5.56 Å². The molecule has 0 aliphatic carbocycles. The number of halogens is 1. The van der Waals surface area contributed by atoms with Crippen LogP contribution >= 0.6 is 11.6 Å². The van der Waals surface area contributed by atoms with Crippen molar-refractivity contribution in [1.82, 2.24) is 0 Å². The third-order valence-corrected chi connectivity index (χ3v) is 3.25. The third kappa shape index (κ3) is 1.79. The normalized spacial score (nSPS) is 32.1. The zero-order valence-electron chi connectivity index (χ0n) is 8.53. The second-order valence-corrected chi connectivity index (χ2v) is 4.53. The molecule has 0 N–H and O–H groups in total. The molecule has 0 saturated carbocycles. The molecule has 76 valence electrons. The predicted octanol–water partition coefficient (Wildman–Crippen LogP) is 3.48. The molecule has 2 heteroatoms. The van der Waals surface area contributed by atoms with Crippen molar-refractivity contribution >= 4 is 11.6 Å². The lowest BCUT2D eigenvalue weighted by molar-refractivity contribution is 0.115. The van der Waals surface area contributed by atoms with E-state index < -0.39 is 0 Å². The van der Waals surface area contributed by atoms with Gasteiger partial charge in [0, 0.05) is 10.9 Å². The fourth-order valence-electron chi connectivity index (χ4n) is 2.26. The molecule has 1 aromatic rings. The molecule has 0 amide bonds. The van der Waals surface area contributed by atoms with E-state index in [0.717, 1.165) is 11.6 Å². The van der Waals surface area contributed by atoms with E-state index in [1.54, 1.807) is 0 Å². The maximum Gasteiger partial charge on any atom is 0.0619 e. The Balaban J connectivity index is 2.25.